The first-order valence-electron chi connectivity index (χ1n) is 5.45. The van der Waals surface area contributed by atoms with Gasteiger partial charge in [-0.25, -0.2) is 4.79 Å². The van der Waals surface area contributed by atoms with Crippen molar-refractivity contribution in [1.82, 2.24) is 5.32 Å². The second-order valence-electron chi connectivity index (χ2n) is 4.10. The van der Waals surface area contributed by atoms with Crippen molar-refractivity contribution in [3.8, 4) is 0 Å². The minimum absolute atomic E-state index is 0.405. The summed E-state index contributed by atoms with van der Waals surface area (Å²) in [6.07, 6.45) is 0. The highest BCUT2D eigenvalue weighted by Crippen LogP contribution is 2.22. The molecule has 1 rings (SSSR count). The van der Waals surface area contributed by atoms with Crippen LogP contribution >= 0.6 is 0 Å². The molecule has 0 heterocycles. The molecule has 0 aromatic heterocycles. The second-order valence-corrected chi connectivity index (χ2v) is 4.10. The largest absolute Gasteiger partial charge is 0.480 e. The molecule has 6 nitrogen and oxygen atoms in total. The van der Waals surface area contributed by atoms with E-state index in [0.717, 1.165) is 11.3 Å². The molecule has 6 heteroatoms. The normalized spacial score (nSPS) is 9.72. The minimum Gasteiger partial charge on any atom is -0.480 e. The van der Waals surface area contributed by atoms with E-state index in [0.29, 0.717) is 5.69 Å². The highest BCUT2D eigenvalue weighted by molar-refractivity contribution is 5.91. The minimum atomic E-state index is -1.08. The molecular formula is C12H17N3O3. The number of carboxylic acids is 1. The van der Waals surface area contributed by atoms with Gasteiger partial charge in [-0.05, 0) is 24.6 Å². The quantitative estimate of drug-likeness (QED) is 0.752. The van der Waals surface area contributed by atoms with E-state index >= 15 is 0 Å². The Labute approximate surface area is 106 Å². The number of hydrogen-bond acceptors (Lipinski definition) is 3. The number of nitrogens with zero attached hydrogens (tertiary/aromatic N) is 1. The molecule has 0 aliphatic rings. The van der Waals surface area contributed by atoms with E-state index in [1.165, 1.54) is 0 Å². The maximum Gasteiger partial charge on any atom is 0.323 e. The summed E-state index contributed by atoms with van der Waals surface area (Å²) in [5.74, 6) is -1.08. The molecule has 0 radical (unpaired) electrons. The third kappa shape index (κ3) is 3.97. The molecule has 0 atom stereocenters. The molecule has 0 saturated carbocycles. The molecule has 0 bridgehead atoms. The van der Waals surface area contributed by atoms with Gasteiger partial charge in [-0.1, -0.05) is 6.07 Å². The Morgan fingerprint density at radius 1 is 1.33 bits per heavy atom. The predicted octanol–water partition coefficient (Wildman–Crippen LogP) is 1.27. The van der Waals surface area contributed by atoms with E-state index in [2.05, 4.69) is 10.6 Å². The lowest BCUT2D eigenvalue weighted by Crippen LogP contribution is -2.33. The lowest BCUT2D eigenvalue weighted by molar-refractivity contribution is -0.135. The number of hydrogen-bond donors (Lipinski definition) is 3. The van der Waals surface area contributed by atoms with Gasteiger partial charge < -0.3 is 20.6 Å². The summed E-state index contributed by atoms with van der Waals surface area (Å²) >= 11 is 0. The third-order valence-electron chi connectivity index (χ3n) is 2.35. The van der Waals surface area contributed by atoms with E-state index in [-0.39, 0.29) is 0 Å². The molecule has 1 aromatic carbocycles. The summed E-state index contributed by atoms with van der Waals surface area (Å²) in [5, 5.41) is 13.2. The zero-order valence-electron chi connectivity index (χ0n) is 10.7. The van der Waals surface area contributed by atoms with E-state index in [9.17, 15) is 9.59 Å². The van der Waals surface area contributed by atoms with Crippen LogP contribution in [-0.4, -0.2) is 37.7 Å². The van der Waals surface area contributed by atoms with Crippen molar-refractivity contribution >= 4 is 23.4 Å². The van der Waals surface area contributed by atoms with Crippen LogP contribution in [0.1, 0.15) is 5.56 Å². The number of carbonyl (C=O) groups excluding carboxylic acids is 1. The first-order chi connectivity index (χ1) is 8.40. The first-order valence-corrected chi connectivity index (χ1v) is 5.45. The SMILES string of the molecule is Cc1ccc(NC(=O)NCC(=O)O)cc1N(C)C. The maximum atomic E-state index is 11.4. The van der Waals surface area contributed by atoms with Gasteiger partial charge in [0.1, 0.15) is 6.54 Å². The van der Waals surface area contributed by atoms with E-state index in [1.54, 1.807) is 6.07 Å². The molecule has 18 heavy (non-hydrogen) atoms. The third-order valence-corrected chi connectivity index (χ3v) is 2.35. The van der Waals surface area contributed by atoms with Gasteiger partial charge in [0.15, 0.2) is 0 Å². The number of anilines is 2. The van der Waals surface area contributed by atoms with Crippen LogP contribution in [-0.2, 0) is 4.79 Å². The van der Waals surface area contributed by atoms with Crippen molar-refractivity contribution in [2.24, 2.45) is 0 Å². The summed E-state index contributed by atoms with van der Waals surface area (Å²) < 4.78 is 0. The number of rotatable bonds is 4. The molecular weight excluding hydrogens is 234 g/mol. The first kappa shape index (κ1) is 13.8. The van der Waals surface area contributed by atoms with Crippen molar-refractivity contribution in [1.29, 1.82) is 0 Å². The van der Waals surface area contributed by atoms with Crippen molar-refractivity contribution in [2.45, 2.75) is 6.92 Å². The van der Waals surface area contributed by atoms with Crippen molar-refractivity contribution in [3.63, 3.8) is 0 Å². The average Bonchev–Trinajstić information content (AvgIpc) is 2.28. The Morgan fingerprint density at radius 2 is 2.00 bits per heavy atom. The van der Waals surface area contributed by atoms with Crippen LogP contribution < -0.4 is 15.5 Å². The van der Waals surface area contributed by atoms with Crippen molar-refractivity contribution in [3.05, 3.63) is 23.8 Å². The molecule has 1 aromatic rings. The molecule has 0 saturated heterocycles. The summed E-state index contributed by atoms with van der Waals surface area (Å²) in [6, 6.07) is 4.95. The molecule has 98 valence electrons. The van der Waals surface area contributed by atoms with Crippen LogP contribution in [0, 0.1) is 6.92 Å². The van der Waals surface area contributed by atoms with Gasteiger partial charge in [-0.15, -0.1) is 0 Å². The van der Waals surface area contributed by atoms with Gasteiger partial charge in [0, 0.05) is 25.5 Å². The predicted molar refractivity (Wildman–Crippen MR) is 70.2 cm³/mol. The summed E-state index contributed by atoms with van der Waals surface area (Å²) in [6.45, 7) is 1.57. The summed E-state index contributed by atoms with van der Waals surface area (Å²) in [7, 11) is 3.83. The van der Waals surface area contributed by atoms with Crippen molar-refractivity contribution in [2.75, 3.05) is 30.9 Å². The zero-order chi connectivity index (χ0) is 13.7. The molecule has 0 aliphatic carbocycles. The highest BCUT2D eigenvalue weighted by Gasteiger charge is 2.06. The monoisotopic (exact) mass is 251 g/mol. The second kappa shape index (κ2) is 5.90. The number of aryl methyl sites for hydroxylation is 1. The molecule has 2 amide bonds. The van der Waals surface area contributed by atoms with Gasteiger partial charge >= 0.3 is 12.0 Å². The topological polar surface area (TPSA) is 81.7 Å². The van der Waals surface area contributed by atoms with E-state index in [4.69, 9.17) is 5.11 Å². The Kier molecular flexibility index (Phi) is 4.53. The lowest BCUT2D eigenvalue weighted by atomic mass is 10.1. The number of benzene rings is 1. The van der Waals surface area contributed by atoms with Crippen LogP contribution in [0.5, 0.6) is 0 Å². The maximum absolute atomic E-state index is 11.4. The number of carboxylic acid groups (broad SMARTS) is 1. The summed E-state index contributed by atoms with van der Waals surface area (Å²) in [4.78, 5) is 23.6. The van der Waals surface area contributed by atoms with Crippen molar-refractivity contribution < 1.29 is 14.7 Å². The highest BCUT2D eigenvalue weighted by atomic mass is 16.4. The standard InChI is InChI=1S/C12H17N3O3/c1-8-4-5-9(6-10(8)15(2)3)14-12(18)13-7-11(16)17/h4-6H,7H2,1-3H3,(H,16,17)(H2,13,14,18). The van der Waals surface area contributed by atoms with Gasteiger partial charge in [-0.2, -0.15) is 0 Å². The molecule has 0 spiro atoms. The van der Waals surface area contributed by atoms with Crippen LogP contribution in [0.25, 0.3) is 0 Å². The van der Waals surface area contributed by atoms with Gasteiger partial charge in [0.05, 0.1) is 0 Å². The number of aliphatic carboxylic acids is 1. The fourth-order valence-electron chi connectivity index (χ4n) is 1.50. The van der Waals surface area contributed by atoms with E-state index < -0.39 is 18.5 Å². The number of carbonyl (C=O) groups is 2. The molecule has 3 N–H and O–H groups in total. The number of nitrogens with one attached hydrogen (secondary N) is 2. The summed E-state index contributed by atoms with van der Waals surface area (Å²) in [5.41, 5.74) is 2.70. The fraction of sp³-hybridized carbons (Fsp3) is 0.333. The molecule has 0 fully saturated rings. The van der Waals surface area contributed by atoms with Gasteiger partial charge in [0.2, 0.25) is 0 Å². The van der Waals surface area contributed by atoms with Crippen LogP contribution in [0.2, 0.25) is 0 Å². The Hall–Kier alpha value is -2.24. The average molecular weight is 251 g/mol. The molecule has 0 aliphatic heterocycles. The Bertz CT molecular complexity index is 458. The Morgan fingerprint density at radius 3 is 2.56 bits per heavy atom. The Balaban J connectivity index is 2.70. The number of amides is 2. The zero-order valence-corrected chi connectivity index (χ0v) is 10.7. The van der Waals surface area contributed by atoms with E-state index in [1.807, 2.05) is 38.1 Å². The van der Waals surface area contributed by atoms with Crippen LogP contribution in [0.3, 0.4) is 0 Å². The fourth-order valence-corrected chi connectivity index (χ4v) is 1.50. The smallest absolute Gasteiger partial charge is 0.323 e. The molecule has 0 unspecified atom stereocenters. The van der Waals surface area contributed by atoms with Crippen LogP contribution in [0.15, 0.2) is 18.2 Å². The van der Waals surface area contributed by atoms with Gasteiger partial charge in [-0.3, -0.25) is 4.79 Å². The lowest BCUT2D eigenvalue weighted by Gasteiger charge is -2.17. The number of urea groups is 1. The van der Waals surface area contributed by atoms with Gasteiger partial charge in [0.25, 0.3) is 0 Å². The van der Waals surface area contributed by atoms with Crippen LogP contribution in [0.4, 0.5) is 16.2 Å².